The number of anilines is 5. The number of hydrogen-bond donors (Lipinski definition) is 1. The van der Waals surface area contributed by atoms with Crippen molar-refractivity contribution >= 4 is 28.4 Å². The van der Waals surface area contributed by atoms with Gasteiger partial charge in [-0.2, -0.15) is 0 Å². The van der Waals surface area contributed by atoms with Gasteiger partial charge in [-0.25, -0.2) is 0 Å². The molecule has 2 aliphatic rings. The maximum Gasteiger partial charge on any atom is 0.183 e. The van der Waals surface area contributed by atoms with Gasteiger partial charge in [-0.3, -0.25) is 0 Å². The van der Waals surface area contributed by atoms with Crippen LogP contribution >= 0.6 is 0 Å². The number of aryl methyl sites for hydroxylation is 1. The summed E-state index contributed by atoms with van der Waals surface area (Å²) < 4.78 is 6.74. The van der Waals surface area contributed by atoms with Crippen molar-refractivity contribution in [2.75, 3.05) is 16.3 Å². The Morgan fingerprint density at radius 2 is 1.15 bits per heavy atom. The van der Waals surface area contributed by atoms with Gasteiger partial charge in [-0.15, -0.1) is 0 Å². The second kappa shape index (κ2) is 11.3. The Labute approximate surface area is 270 Å². The molecular weight excluding hydrogens is 564 g/mol. The van der Waals surface area contributed by atoms with E-state index in [0.29, 0.717) is 0 Å². The Balaban J connectivity index is 1.32. The summed E-state index contributed by atoms with van der Waals surface area (Å²) in [6, 6.07) is 51.2. The van der Waals surface area contributed by atoms with E-state index in [-0.39, 0.29) is 0 Å². The Kier molecular flexibility index (Phi) is 6.97. The minimum atomic E-state index is -1.01. The topological polar surface area (TPSA) is 35.9 Å². The molecule has 1 aliphatic carbocycles. The fraction of sp³-hybridized carbons (Fsp3) is 0.143. The Morgan fingerprint density at radius 1 is 0.609 bits per heavy atom. The Morgan fingerprint density at radius 3 is 1.78 bits per heavy atom. The average Bonchev–Trinajstić information content (AvgIpc) is 3.39. The van der Waals surface area contributed by atoms with E-state index in [2.05, 4.69) is 139 Å². The summed E-state index contributed by atoms with van der Waals surface area (Å²) in [4.78, 5) is 4.65. The summed E-state index contributed by atoms with van der Waals surface area (Å²) in [5.74, 6) is 0. The number of hydrogen-bond acceptors (Lipinski definition) is 4. The van der Waals surface area contributed by atoms with Crippen LogP contribution in [0.4, 0.5) is 28.4 Å². The number of ether oxygens (including phenoxy) is 1. The van der Waals surface area contributed by atoms with Gasteiger partial charge in [-0.1, -0.05) is 90.5 Å². The van der Waals surface area contributed by atoms with E-state index in [4.69, 9.17) is 4.74 Å². The van der Waals surface area contributed by atoms with Gasteiger partial charge in [0.2, 0.25) is 0 Å². The zero-order valence-corrected chi connectivity index (χ0v) is 26.1. The fourth-order valence-corrected chi connectivity index (χ4v) is 7.38. The quantitative estimate of drug-likeness (QED) is 0.206. The average molecular weight is 601 g/mol. The summed E-state index contributed by atoms with van der Waals surface area (Å²) in [5.41, 5.74) is 12.3. The maximum absolute atomic E-state index is 11.3. The van der Waals surface area contributed by atoms with Crippen LogP contribution in [0, 0.1) is 6.92 Å². The van der Waals surface area contributed by atoms with Crippen molar-refractivity contribution in [2.45, 2.75) is 32.2 Å². The number of aliphatic hydroxyl groups is 1. The van der Waals surface area contributed by atoms with Crippen LogP contribution in [0.25, 0.3) is 0 Å². The lowest BCUT2D eigenvalue weighted by Crippen LogP contribution is -2.35. The van der Waals surface area contributed by atoms with Crippen LogP contribution < -0.4 is 9.80 Å². The van der Waals surface area contributed by atoms with Crippen molar-refractivity contribution in [1.82, 2.24) is 0 Å². The number of aliphatic hydroxyl groups excluding tert-OH is 1. The number of rotatable bonds is 6. The SMILES string of the molecule is CCN(c1ccc(C)cc1)c1ccc2c(c1)Cc1cc(N(c3ccccc3)c3ccccc3)ccc1C21OC(O)c2ccccc21. The van der Waals surface area contributed by atoms with E-state index in [1.807, 2.05) is 30.3 Å². The number of nitrogens with zero attached hydrogens (tertiary/aromatic N) is 2. The highest BCUT2D eigenvalue weighted by Crippen LogP contribution is 2.56. The molecule has 4 nitrogen and oxygen atoms in total. The van der Waals surface area contributed by atoms with E-state index in [1.54, 1.807) is 0 Å². The summed E-state index contributed by atoms with van der Waals surface area (Å²) in [6.45, 7) is 5.15. The minimum absolute atomic E-state index is 0.749. The summed E-state index contributed by atoms with van der Waals surface area (Å²) in [7, 11) is 0. The third-order valence-electron chi connectivity index (χ3n) is 9.47. The van der Waals surface area contributed by atoms with Crippen molar-refractivity contribution < 1.29 is 9.84 Å². The fourth-order valence-electron chi connectivity index (χ4n) is 7.38. The van der Waals surface area contributed by atoms with Crippen LogP contribution in [0.2, 0.25) is 0 Å². The van der Waals surface area contributed by atoms with E-state index >= 15 is 0 Å². The predicted octanol–water partition coefficient (Wildman–Crippen LogP) is 9.84. The molecule has 1 heterocycles. The van der Waals surface area contributed by atoms with Crippen molar-refractivity contribution in [3.63, 3.8) is 0 Å². The van der Waals surface area contributed by atoms with Gasteiger partial charge < -0.3 is 19.6 Å². The highest BCUT2D eigenvalue weighted by atomic mass is 16.6. The third kappa shape index (κ3) is 4.53. The molecule has 0 saturated heterocycles. The molecule has 2 unspecified atom stereocenters. The number of fused-ring (bicyclic) bond motifs is 6. The van der Waals surface area contributed by atoms with Gasteiger partial charge in [0.05, 0.1) is 0 Å². The largest absolute Gasteiger partial charge is 0.364 e. The molecule has 0 aromatic heterocycles. The van der Waals surface area contributed by atoms with Crippen molar-refractivity contribution in [3.8, 4) is 0 Å². The van der Waals surface area contributed by atoms with Crippen LogP contribution in [0.15, 0.2) is 146 Å². The molecule has 46 heavy (non-hydrogen) atoms. The molecule has 0 fully saturated rings. The lowest BCUT2D eigenvalue weighted by molar-refractivity contribution is -0.141. The molecule has 6 aromatic carbocycles. The summed E-state index contributed by atoms with van der Waals surface area (Å²) in [6.07, 6.45) is -0.266. The van der Waals surface area contributed by atoms with Crippen LogP contribution in [0.1, 0.15) is 52.2 Å². The molecule has 0 saturated carbocycles. The smallest absolute Gasteiger partial charge is 0.183 e. The number of para-hydroxylation sites is 2. The third-order valence-corrected chi connectivity index (χ3v) is 9.47. The highest BCUT2D eigenvalue weighted by Gasteiger charge is 2.51. The van der Waals surface area contributed by atoms with Crippen molar-refractivity contribution in [2.24, 2.45) is 0 Å². The predicted molar refractivity (Wildman–Crippen MR) is 187 cm³/mol. The maximum atomic E-state index is 11.3. The number of benzene rings is 6. The zero-order chi connectivity index (χ0) is 31.3. The molecule has 0 bridgehead atoms. The summed E-state index contributed by atoms with van der Waals surface area (Å²) >= 11 is 0. The van der Waals surface area contributed by atoms with Gasteiger partial charge in [0.1, 0.15) is 5.60 Å². The van der Waals surface area contributed by atoms with Gasteiger partial charge in [0.15, 0.2) is 6.29 Å². The molecule has 1 aliphatic heterocycles. The summed E-state index contributed by atoms with van der Waals surface area (Å²) in [5, 5.41) is 11.3. The lowest BCUT2D eigenvalue weighted by atomic mass is 9.71. The molecule has 2 atom stereocenters. The van der Waals surface area contributed by atoms with E-state index < -0.39 is 11.9 Å². The van der Waals surface area contributed by atoms with E-state index in [0.717, 1.165) is 58.0 Å². The van der Waals surface area contributed by atoms with E-state index in [1.165, 1.54) is 22.4 Å². The first kappa shape index (κ1) is 28.3. The molecule has 8 rings (SSSR count). The standard InChI is InChI=1S/C42H36N2O2/c1-3-43(32-20-18-29(2)19-21-32)35-22-24-38-30(27-35)26-31-28-36(44(33-12-6-4-7-13-33)34-14-8-5-9-15-34)23-25-39(31)42(38)40-17-11-10-16-37(40)41(45)46-42/h4-25,27-28,41,45H,3,26H2,1-2H3. The van der Waals surface area contributed by atoms with Crippen LogP contribution in [-0.4, -0.2) is 11.7 Å². The van der Waals surface area contributed by atoms with Gasteiger partial charge in [-0.05, 0) is 103 Å². The molecule has 226 valence electrons. The molecule has 0 amide bonds. The Hall–Kier alpha value is -5.16. The van der Waals surface area contributed by atoms with E-state index in [9.17, 15) is 5.11 Å². The second-order valence-corrected chi connectivity index (χ2v) is 12.2. The van der Waals surface area contributed by atoms with Gasteiger partial charge in [0, 0.05) is 46.1 Å². The lowest BCUT2D eigenvalue weighted by Gasteiger charge is -2.39. The first-order valence-electron chi connectivity index (χ1n) is 16.0. The zero-order valence-electron chi connectivity index (χ0n) is 26.1. The molecule has 6 aromatic rings. The first-order valence-corrected chi connectivity index (χ1v) is 16.0. The van der Waals surface area contributed by atoms with Crippen molar-refractivity contribution in [3.05, 3.63) is 185 Å². The van der Waals surface area contributed by atoms with Crippen LogP contribution in [0.5, 0.6) is 0 Å². The first-order chi connectivity index (χ1) is 22.6. The molecular formula is C42H36N2O2. The van der Waals surface area contributed by atoms with Crippen molar-refractivity contribution in [1.29, 1.82) is 0 Å². The Bertz CT molecular complexity index is 1980. The van der Waals surface area contributed by atoms with Crippen LogP contribution in [0.3, 0.4) is 0 Å². The minimum Gasteiger partial charge on any atom is -0.364 e. The second-order valence-electron chi connectivity index (χ2n) is 12.2. The monoisotopic (exact) mass is 600 g/mol. The molecule has 1 spiro atoms. The molecule has 4 heteroatoms. The van der Waals surface area contributed by atoms with Gasteiger partial charge in [0.25, 0.3) is 0 Å². The highest BCUT2D eigenvalue weighted by molar-refractivity contribution is 5.78. The molecule has 1 N–H and O–H groups in total. The molecule has 0 radical (unpaired) electrons. The normalized spacial score (nSPS) is 17.7. The van der Waals surface area contributed by atoms with Gasteiger partial charge >= 0.3 is 0 Å². The van der Waals surface area contributed by atoms with Crippen LogP contribution in [-0.2, 0) is 16.8 Å².